The van der Waals surface area contributed by atoms with Crippen LogP contribution in [-0.2, 0) is 0 Å². The first-order valence-electron chi connectivity index (χ1n) is 21.7. The quantitative estimate of drug-likeness (QED) is 0.160. The standard InChI is InChI=1S/C60H37NO2S/c1-5-16-38(17-6-1)42-28-30-46-53(35-42)63-60-45(40-20-9-3-10-21-40)31-32-51(59(46)60)61(50-25-15-27-56-58(50)47-24-13-14-26-55(47)64-56)44-29-33-52-49(37-44)57-48(41-22-11-4-12-23-41)34-43(36-54(57)62-52)39-18-7-2-8-19-39/h1-37H. The predicted octanol–water partition coefficient (Wildman–Crippen LogP) is 18.0. The second-order valence-corrected chi connectivity index (χ2v) is 17.5. The van der Waals surface area contributed by atoms with Gasteiger partial charge in [0.05, 0.1) is 16.8 Å². The maximum absolute atomic E-state index is 7.09. The average molecular weight is 836 g/mol. The fraction of sp³-hybridized carbons (Fsp3) is 0. The molecule has 0 saturated heterocycles. The minimum absolute atomic E-state index is 0.840. The van der Waals surface area contributed by atoms with Crippen molar-refractivity contribution in [2.24, 2.45) is 0 Å². The van der Waals surface area contributed by atoms with Crippen LogP contribution >= 0.6 is 11.3 Å². The Morgan fingerprint density at radius 3 is 1.69 bits per heavy atom. The Morgan fingerprint density at radius 2 is 0.938 bits per heavy atom. The Bertz CT molecular complexity index is 3890. The smallest absolute Gasteiger partial charge is 0.145 e. The molecule has 0 bridgehead atoms. The minimum atomic E-state index is 0.840. The summed E-state index contributed by atoms with van der Waals surface area (Å²) in [7, 11) is 0. The van der Waals surface area contributed by atoms with Crippen LogP contribution in [0.1, 0.15) is 0 Å². The molecule has 0 unspecified atom stereocenters. The average Bonchev–Trinajstić information content (AvgIpc) is 4.06. The molecule has 64 heavy (non-hydrogen) atoms. The van der Waals surface area contributed by atoms with Crippen LogP contribution < -0.4 is 4.90 Å². The van der Waals surface area contributed by atoms with Gasteiger partial charge in [-0.15, -0.1) is 11.3 Å². The molecule has 13 rings (SSSR count). The van der Waals surface area contributed by atoms with Crippen LogP contribution in [0.3, 0.4) is 0 Å². The van der Waals surface area contributed by atoms with Crippen molar-refractivity contribution >= 4 is 92.4 Å². The molecule has 0 radical (unpaired) electrons. The van der Waals surface area contributed by atoms with E-state index in [0.717, 1.165) is 105 Å². The Labute approximate surface area is 373 Å². The normalized spacial score (nSPS) is 11.8. The first-order chi connectivity index (χ1) is 31.7. The van der Waals surface area contributed by atoms with E-state index < -0.39 is 0 Å². The number of anilines is 3. The summed E-state index contributed by atoms with van der Waals surface area (Å²) in [5.74, 6) is 0. The number of rotatable bonds is 7. The van der Waals surface area contributed by atoms with E-state index in [4.69, 9.17) is 8.83 Å². The maximum Gasteiger partial charge on any atom is 0.145 e. The zero-order valence-corrected chi connectivity index (χ0v) is 35.4. The van der Waals surface area contributed by atoms with Gasteiger partial charge in [0.2, 0.25) is 0 Å². The molecule has 0 amide bonds. The number of hydrogen-bond donors (Lipinski definition) is 0. The molecule has 3 aromatic heterocycles. The number of nitrogens with zero attached hydrogens (tertiary/aromatic N) is 1. The highest BCUT2D eigenvalue weighted by atomic mass is 32.1. The molecule has 3 nitrogen and oxygen atoms in total. The highest BCUT2D eigenvalue weighted by Gasteiger charge is 2.26. The second-order valence-electron chi connectivity index (χ2n) is 16.4. The van der Waals surface area contributed by atoms with Gasteiger partial charge in [0.25, 0.3) is 0 Å². The maximum atomic E-state index is 7.09. The van der Waals surface area contributed by atoms with Gasteiger partial charge >= 0.3 is 0 Å². The van der Waals surface area contributed by atoms with Crippen LogP contribution in [0.2, 0.25) is 0 Å². The molecule has 0 aliphatic heterocycles. The van der Waals surface area contributed by atoms with Gasteiger partial charge in [0.1, 0.15) is 22.3 Å². The molecule has 0 aliphatic rings. The topological polar surface area (TPSA) is 29.5 Å². The van der Waals surface area contributed by atoms with E-state index in [1.54, 1.807) is 0 Å². The third kappa shape index (κ3) is 5.88. The highest BCUT2D eigenvalue weighted by molar-refractivity contribution is 7.26. The van der Waals surface area contributed by atoms with Crippen molar-refractivity contribution in [3.8, 4) is 44.5 Å². The Balaban J connectivity index is 1.12. The van der Waals surface area contributed by atoms with Crippen molar-refractivity contribution in [2.75, 3.05) is 4.90 Å². The van der Waals surface area contributed by atoms with Crippen molar-refractivity contribution in [3.05, 3.63) is 224 Å². The van der Waals surface area contributed by atoms with E-state index in [-0.39, 0.29) is 0 Å². The third-order valence-corrected chi connectivity index (χ3v) is 13.8. The lowest BCUT2D eigenvalue weighted by atomic mass is 9.94. The molecule has 3 heterocycles. The van der Waals surface area contributed by atoms with Gasteiger partial charge in [0.15, 0.2) is 0 Å². The molecule has 300 valence electrons. The number of benzene rings is 10. The van der Waals surface area contributed by atoms with Crippen molar-refractivity contribution in [1.29, 1.82) is 0 Å². The lowest BCUT2D eigenvalue weighted by Gasteiger charge is -2.27. The van der Waals surface area contributed by atoms with Crippen LogP contribution in [0.5, 0.6) is 0 Å². The summed E-state index contributed by atoms with van der Waals surface area (Å²) in [6.07, 6.45) is 0. The van der Waals surface area contributed by atoms with Gasteiger partial charge in [-0.2, -0.15) is 0 Å². The van der Waals surface area contributed by atoms with Crippen LogP contribution in [0.4, 0.5) is 17.1 Å². The lowest BCUT2D eigenvalue weighted by Crippen LogP contribution is -2.11. The van der Waals surface area contributed by atoms with E-state index in [2.05, 4.69) is 229 Å². The molecule has 0 spiro atoms. The van der Waals surface area contributed by atoms with Crippen LogP contribution in [0, 0.1) is 0 Å². The number of hydrogen-bond acceptors (Lipinski definition) is 4. The number of fused-ring (bicyclic) bond motifs is 9. The highest BCUT2D eigenvalue weighted by Crippen LogP contribution is 2.51. The molecule has 0 atom stereocenters. The van der Waals surface area contributed by atoms with Crippen molar-refractivity contribution in [1.82, 2.24) is 0 Å². The molecule has 0 saturated carbocycles. The second kappa shape index (κ2) is 14.7. The summed E-state index contributed by atoms with van der Waals surface area (Å²) < 4.78 is 16.4. The van der Waals surface area contributed by atoms with E-state index in [9.17, 15) is 0 Å². The molecule has 10 aromatic carbocycles. The van der Waals surface area contributed by atoms with Crippen LogP contribution in [-0.4, -0.2) is 0 Å². The molecule has 0 aliphatic carbocycles. The van der Waals surface area contributed by atoms with E-state index in [1.165, 1.54) is 20.2 Å². The molecule has 0 fully saturated rings. The molecule has 13 aromatic rings. The summed E-state index contributed by atoms with van der Waals surface area (Å²) >= 11 is 1.84. The van der Waals surface area contributed by atoms with Gasteiger partial charge in [-0.25, -0.2) is 0 Å². The van der Waals surface area contributed by atoms with Crippen molar-refractivity contribution in [3.63, 3.8) is 0 Å². The van der Waals surface area contributed by atoms with Gasteiger partial charge in [-0.1, -0.05) is 152 Å². The summed E-state index contributed by atoms with van der Waals surface area (Å²) in [5, 5.41) is 6.72. The summed E-state index contributed by atoms with van der Waals surface area (Å²) in [6.45, 7) is 0. The molecular weight excluding hydrogens is 799 g/mol. The summed E-state index contributed by atoms with van der Waals surface area (Å²) in [5.41, 5.74) is 15.5. The first kappa shape index (κ1) is 36.5. The van der Waals surface area contributed by atoms with E-state index >= 15 is 0 Å². The van der Waals surface area contributed by atoms with E-state index in [0.29, 0.717) is 0 Å². The fourth-order valence-corrected chi connectivity index (χ4v) is 10.9. The van der Waals surface area contributed by atoms with Gasteiger partial charge in [-0.05, 0) is 112 Å². The number of furan rings is 2. The van der Waals surface area contributed by atoms with Crippen molar-refractivity contribution < 1.29 is 8.83 Å². The van der Waals surface area contributed by atoms with E-state index in [1.807, 2.05) is 11.3 Å². The first-order valence-corrected chi connectivity index (χ1v) is 22.5. The Morgan fingerprint density at radius 1 is 0.312 bits per heavy atom. The monoisotopic (exact) mass is 835 g/mol. The zero-order chi connectivity index (χ0) is 42.1. The fourth-order valence-electron chi connectivity index (χ4n) is 9.73. The lowest BCUT2D eigenvalue weighted by molar-refractivity contribution is 0.669. The SMILES string of the molecule is c1ccc(-c2ccc3c(c2)oc2c(-c4ccccc4)ccc(N(c4ccc5oc6cc(-c7ccccc7)cc(-c7ccccc7)c6c5c4)c4cccc5sc6ccccc6c45)c23)cc1. The largest absolute Gasteiger partial charge is 0.456 e. The molecule has 4 heteroatoms. The van der Waals surface area contributed by atoms with Gasteiger partial charge < -0.3 is 13.7 Å². The van der Waals surface area contributed by atoms with Gasteiger partial charge in [0, 0.05) is 47.6 Å². The minimum Gasteiger partial charge on any atom is -0.456 e. The predicted molar refractivity (Wildman–Crippen MR) is 270 cm³/mol. The zero-order valence-electron chi connectivity index (χ0n) is 34.5. The van der Waals surface area contributed by atoms with Crippen LogP contribution in [0.15, 0.2) is 233 Å². The molecular formula is C60H37NO2S. The summed E-state index contributed by atoms with van der Waals surface area (Å²) in [6, 6.07) is 80.2. The number of thiophene rings is 1. The Hall–Kier alpha value is -8.18. The summed E-state index contributed by atoms with van der Waals surface area (Å²) in [4.78, 5) is 2.46. The molecule has 0 N–H and O–H groups in total. The third-order valence-electron chi connectivity index (χ3n) is 12.7. The van der Waals surface area contributed by atoms with Gasteiger partial charge in [-0.3, -0.25) is 0 Å². The van der Waals surface area contributed by atoms with Crippen LogP contribution in [0.25, 0.3) is 109 Å². The van der Waals surface area contributed by atoms with Crippen molar-refractivity contribution in [2.45, 2.75) is 0 Å². The Kier molecular flexibility index (Phi) is 8.40.